The fourth-order valence-corrected chi connectivity index (χ4v) is 3.41. The fraction of sp³-hybridized carbons (Fsp3) is 0.300. The number of fused-ring (bicyclic) bond motifs is 1. The summed E-state index contributed by atoms with van der Waals surface area (Å²) >= 11 is 0. The lowest BCUT2D eigenvalue weighted by atomic mass is 9.96. The van der Waals surface area contributed by atoms with Crippen LogP contribution in [0.15, 0.2) is 48.5 Å². The standard InChI is InChI=1S/C20H22N4O.ClH/c1-24-11-9-15(10-12-24)20(25)21-19-17-13-16(7-8-18(17)22-23-19)14-5-3-2-4-6-14;/h2-8,13,15H,9-12H2,1H3,(H2,21,22,23,25);1H. The molecule has 1 aliphatic rings. The third kappa shape index (κ3) is 3.74. The third-order valence-corrected chi connectivity index (χ3v) is 5.00. The summed E-state index contributed by atoms with van der Waals surface area (Å²) < 4.78 is 0. The average molecular weight is 371 g/mol. The Morgan fingerprint density at radius 3 is 2.58 bits per heavy atom. The predicted octanol–water partition coefficient (Wildman–Crippen LogP) is 3.93. The molecular weight excluding hydrogens is 348 g/mol. The summed E-state index contributed by atoms with van der Waals surface area (Å²) in [6, 6.07) is 16.4. The Morgan fingerprint density at radius 2 is 1.85 bits per heavy atom. The minimum atomic E-state index is 0. The molecule has 2 N–H and O–H groups in total. The Hall–Kier alpha value is -2.37. The van der Waals surface area contributed by atoms with E-state index in [2.05, 4.69) is 51.7 Å². The molecule has 136 valence electrons. The molecule has 3 aromatic rings. The van der Waals surface area contributed by atoms with Gasteiger partial charge in [0.05, 0.1) is 5.52 Å². The number of carbonyl (C=O) groups is 1. The molecule has 6 heteroatoms. The van der Waals surface area contributed by atoms with Crippen LogP contribution in [0.5, 0.6) is 0 Å². The second-order valence-corrected chi connectivity index (χ2v) is 6.77. The van der Waals surface area contributed by atoms with E-state index in [1.165, 1.54) is 0 Å². The maximum atomic E-state index is 12.6. The van der Waals surface area contributed by atoms with Crippen molar-refractivity contribution in [2.45, 2.75) is 12.8 Å². The zero-order valence-corrected chi connectivity index (χ0v) is 15.6. The molecule has 0 atom stereocenters. The van der Waals surface area contributed by atoms with Crippen molar-refractivity contribution in [2.24, 2.45) is 5.92 Å². The Morgan fingerprint density at radius 1 is 1.12 bits per heavy atom. The van der Waals surface area contributed by atoms with Crippen molar-refractivity contribution >= 4 is 35.0 Å². The summed E-state index contributed by atoms with van der Waals surface area (Å²) in [5.74, 6) is 0.767. The smallest absolute Gasteiger partial charge is 0.228 e. The first-order valence-electron chi connectivity index (χ1n) is 8.73. The number of halogens is 1. The van der Waals surface area contributed by atoms with Gasteiger partial charge in [0.1, 0.15) is 0 Å². The number of hydrogen-bond acceptors (Lipinski definition) is 3. The highest BCUT2D eigenvalue weighted by atomic mass is 35.5. The number of benzene rings is 2. The van der Waals surface area contributed by atoms with E-state index in [1.807, 2.05) is 24.3 Å². The van der Waals surface area contributed by atoms with Crippen LogP contribution in [-0.4, -0.2) is 41.1 Å². The first-order chi connectivity index (χ1) is 12.2. The number of aromatic amines is 1. The number of amides is 1. The number of likely N-dealkylation sites (tertiary alicyclic amines) is 1. The molecule has 26 heavy (non-hydrogen) atoms. The maximum absolute atomic E-state index is 12.6. The monoisotopic (exact) mass is 370 g/mol. The molecule has 1 aromatic heterocycles. The van der Waals surface area contributed by atoms with Crippen LogP contribution in [0.4, 0.5) is 5.82 Å². The van der Waals surface area contributed by atoms with Crippen LogP contribution in [0.2, 0.25) is 0 Å². The summed E-state index contributed by atoms with van der Waals surface area (Å²) in [5, 5.41) is 11.3. The van der Waals surface area contributed by atoms with Crippen LogP contribution in [0.25, 0.3) is 22.0 Å². The van der Waals surface area contributed by atoms with Crippen LogP contribution in [0.3, 0.4) is 0 Å². The second kappa shape index (κ2) is 7.89. The number of piperidine rings is 1. The van der Waals surface area contributed by atoms with Crippen molar-refractivity contribution in [2.75, 3.05) is 25.5 Å². The number of H-pyrrole nitrogens is 1. The van der Waals surface area contributed by atoms with Crippen LogP contribution in [-0.2, 0) is 4.79 Å². The Bertz CT molecular complexity index is 885. The summed E-state index contributed by atoms with van der Waals surface area (Å²) in [5.41, 5.74) is 3.20. The normalized spacial score (nSPS) is 15.6. The van der Waals surface area contributed by atoms with Crippen LogP contribution in [0.1, 0.15) is 12.8 Å². The number of carbonyl (C=O) groups excluding carboxylic acids is 1. The van der Waals surface area contributed by atoms with Gasteiger partial charge in [-0.1, -0.05) is 36.4 Å². The van der Waals surface area contributed by atoms with Gasteiger partial charge in [-0.25, -0.2) is 0 Å². The Labute approximate surface area is 159 Å². The topological polar surface area (TPSA) is 61.0 Å². The van der Waals surface area contributed by atoms with Gasteiger partial charge in [-0.05, 0) is 56.2 Å². The summed E-state index contributed by atoms with van der Waals surface area (Å²) in [6.45, 7) is 1.94. The van der Waals surface area contributed by atoms with Crippen molar-refractivity contribution in [1.82, 2.24) is 15.1 Å². The van der Waals surface area contributed by atoms with E-state index in [0.717, 1.165) is 48.0 Å². The molecule has 0 spiro atoms. The number of nitrogens with one attached hydrogen (secondary N) is 2. The molecule has 1 aliphatic heterocycles. The van der Waals surface area contributed by atoms with Gasteiger partial charge in [-0.15, -0.1) is 12.4 Å². The average Bonchev–Trinajstić information content (AvgIpc) is 3.05. The highest BCUT2D eigenvalue weighted by Crippen LogP contribution is 2.28. The number of nitrogens with zero attached hydrogens (tertiary/aromatic N) is 2. The van der Waals surface area contributed by atoms with Crippen molar-refractivity contribution in [1.29, 1.82) is 0 Å². The molecule has 0 saturated carbocycles. The van der Waals surface area contributed by atoms with E-state index in [9.17, 15) is 4.79 Å². The maximum Gasteiger partial charge on any atom is 0.228 e. The zero-order valence-electron chi connectivity index (χ0n) is 14.7. The van der Waals surface area contributed by atoms with E-state index in [0.29, 0.717) is 5.82 Å². The van der Waals surface area contributed by atoms with Gasteiger partial charge in [-0.3, -0.25) is 9.89 Å². The molecule has 0 bridgehead atoms. The first-order valence-corrected chi connectivity index (χ1v) is 8.73. The van der Waals surface area contributed by atoms with Gasteiger partial charge >= 0.3 is 0 Å². The van der Waals surface area contributed by atoms with Crippen molar-refractivity contribution < 1.29 is 4.79 Å². The number of rotatable bonds is 3. The number of hydrogen-bond donors (Lipinski definition) is 2. The molecule has 4 rings (SSSR count). The third-order valence-electron chi connectivity index (χ3n) is 5.00. The van der Waals surface area contributed by atoms with Gasteiger partial charge in [-0.2, -0.15) is 5.10 Å². The number of aromatic nitrogens is 2. The van der Waals surface area contributed by atoms with Gasteiger partial charge in [0.25, 0.3) is 0 Å². The lowest BCUT2D eigenvalue weighted by Gasteiger charge is -2.27. The minimum absolute atomic E-state index is 0. The van der Waals surface area contributed by atoms with Gasteiger partial charge in [0.15, 0.2) is 5.82 Å². The summed E-state index contributed by atoms with van der Waals surface area (Å²) in [7, 11) is 2.10. The molecule has 0 aliphatic carbocycles. The lowest BCUT2D eigenvalue weighted by Crippen LogP contribution is -2.36. The first kappa shape index (κ1) is 18.4. The van der Waals surface area contributed by atoms with Gasteiger partial charge < -0.3 is 10.2 Å². The van der Waals surface area contributed by atoms with Crippen LogP contribution >= 0.6 is 12.4 Å². The van der Waals surface area contributed by atoms with E-state index in [1.54, 1.807) is 0 Å². The number of anilines is 1. The lowest BCUT2D eigenvalue weighted by molar-refractivity contribution is -0.121. The molecule has 5 nitrogen and oxygen atoms in total. The molecule has 2 heterocycles. The molecule has 0 unspecified atom stereocenters. The van der Waals surface area contributed by atoms with E-state index < -0.39 is 0 Å². The summed E-state index contributed by atoms with van der Waals surface area (Å²) in [6.07, 6.45) is 1.81. The fourth-order valence-electron chi connectivity index (χ4n) is 3.41. The molecule has 1 amide bonds. The minimum Gasteiger partial charge on any atom is -0.308 e. The van der Waals surface area contributed by atoms with Crippen LogP contribution in [0, 0.1) is 5.92 Å². The van der Waals surface area contributed by atoms with Crippen molar-refractivity contribution in [3.8, 4) is 11.1 Å². The predicted molar refractivity (Wildman–Crippen MR) is 108 cm³/mol. The highest BCUT2D eigenvalue weighted by Gasteiger charge is 2.24. The van der Waals surface area contributed by atoms with Crippen molar-refractivity contribution in [3.63, 3.8) is 0 Å². The Balaban J connectivity index is 0.00000196. The Kier molecular flexibility index (Phi) is 5.59. The molecule has 0 radical (unpaired) electrons. The van der Waals surface area contributed by atoms with E-state index in [-0.39, 0.29) is 24.2 Å². The zero-order chi connectivity index (χ0) is 17.2. The van der Waals surface area contributed by atoms with E-state index >= 15 is 0 Å². The van der Waals surface area contributed by atoms with E-state index in [4.69, 9.17) is 0 Å². The van der Waals surface area contributed by atoms with Gasteiger partial charge in [0, 0.05) is 11.3 Å². The molecule has 1 fully saturated rings. The van der Waals surface area contributed by atoms with Crippen LogP contribution < -0.4 is 5.32 Å². The summed E-state index contributed by atoms with van der Waals surface area (Å²) in [4.78, 5) is 14.9. The molecule has 2 aromatic carbocycles. The second-order valence-electron chi connectivity index (χ2n) is 6.77. The largest absolute Gasteiger partial charge is 0.308 e. The highest BCUT2D eigenvalue weighted by molar-refractivity contribution is 6.01. The quantitative estimate of drug-likeness (QED) is 0.734. The SMILES string of the molecule is CN1CCC(C(=O)Nc2n[nH]c3ccc(-c4ccccc4)cc23)CC1.Cl. The van der Waals surface area contributed by atoms with Gasteiger partial charge in [0.2, 0.25) is 5.91 Å². The van der Waals surface area contributed by atoms with Crippen molar-refractivity contribution in [3.05, 3.63) is 48.5 Å². The molecular formula is C20H23ClN4O. The molecule has 1 saturated heterocycles.